The Balaban J connectivity index is 1.74. The summed E-state index contributed by atoms with van der Waals surface area (Å²) in [5, 5.41) is 3.47. The van der Waals surface area contributed by atoms with Gasteiger partial charge in [-0.3, -0.25) is 4.90 Å². The van der Waals surface area contributed by atoms with Crippen molar-refractivity contribution >= 4 is 6.09 Å². The summed E-state index contributed by atoms with van der Waals surface area (Å²) in [6.45, 7) is 13.0. The predicted molar refractivity (Wildman–Crippen MR) is 93.7 cm³/mol. The van der Waals surface area contributed by atoms with Crippen molar-refractivity contribution in [3.05, 3.63) is 0 Å². The van der Waals surface area contributed by atoms with E-state index in [2.05, 4.69) is 17.1 Å². The van der Waals surface area contributed by atoms with E-state index in [1.54, 1.807) is 4.90 Å². The Bertz CT molecular complexity index is 392. The van der Waals surface area contributed by atoms with Crippen LogP contribution in [0, 0.1) is 5.41 Å². The summed E-state index contributed by atoms with van der Waals surface area (Å²) in [6.07, 6.45) is 5.10. The third-order valence-electron chi connectivity index (χ3n) is 5.35. The number of amides is 1. The van der Waals surface area contributed by atoms with Gasteiger partial charge in [-0.2, -0.15) is 0 Å². The zero-order valence-corrected chi connectivity index (χ0v) is 15.7. The van der Waals surface area contributed by atoms with E-state index in [1.807, 2.05) is 27.8 Å². The number of likely N-dealkylation sites (N-methyl/N-ethyl adjacent to an activating group) is 2. The molecule has 23 heavy (non-hydrogen) atoms. The highest BCUT2D eigenvalue weighted by atomic mass is 16.6. The number of nitrogens with zero attached hydrogens (tertiary/aromatic N) is 2. The standard InChI is InChI=1S/C18H35N3O2/c1-6-21(12-11-20(5)16(22)23-17(2,3)4)15-13-18(14-15)7-9-19-10-8-18/h15,19H,6-14H2,1-5H3. The third kappa shape index (κ3) is 5.08. The number of hydrogen-bond donors (Lipinski definition) is 1. The maximum absolute atomic E-state index is 12.0. The van der Waals surface area contributed by atoms with Crippen LogP contribution in [0.3, 0.4) is 0 Å². The molecule has 1 aliphatic heterocycles. The highest BCUT2D eigenvalue weighted by Crippen LogP contribution is 2.49. The van der Waals surface area contributed by atoms with Crippen LogP contribution in [0.2, 0.25) is 0 Å². The maximum atomic E-state index is 12.0. The van der Waals surface area contributed by atoms with Gasteiger partial charge in [-0.25, -0.2) is 4.79 Å². The van der Waals surface area contributed by atoms with Gasteiger partial charge in [0.15, 0.2) is 0 Å². The molecule has 0 aromatic heterocycles. The first-order valence-corrected chi connectivity index (χ1v) is 9.13. The predicted octanol–water partition coefficient (Wildman–Crippen LogP) is 2.71. The van der Waals surface area contributed by atoms with Gasteiger partial charge in [-0.05, 0) is 71.5 Å². The van der Waals surface area contributed by atoms with E-state index in [4.69, 9.17) is 4.74 Å². The maximum Gasteiger partial charge on any atom is 0.410 e. The van der Waals surface area contributed by atoms with Crippen LogP contribution in [0.5, 0.6) is 0 Å². The van der Waals surface area contributed by atoms with Crippen LogP contribution < -0.4 is 5.32 Å². The molecule has 2 rings (SSSR count). The number of hydrogen-bond acceptors (Lipinski definition) is 4. The number of carbonyl (C=O) groups excluding carboxylic acids is 1. The molecule has 0 bridgehead atoms. The second-order valence-electron chi connectivity index (χ2n) is 8.34. The summed E-state index contributed by atoms with van der Waals surface area (Å²) >= 11 is 0. The highest BCUT2D eigenvalue weighted by Gasteiger charge is 2.46. The average molecular weight is 325 g/mol. The molecule has 1 N–H and O–H groups in total. The van der Waals surface area contributed by atoms with E-state index in [0.717, 1.165) is 19.6 Å². The molecule has 0 aromatic rings. The lowest BCUT2D eigenvalue weighted by Gasteiger charge is -2.54. The minimum atomic E-state index is -0.425. The van der Waals surface area contributed by atoms with Crippen molar-refractivity contribution in [1.82, 2.24) is 15.1 Å². The second-order valence-corrected chi connectivity index (χ2v) is 8.34. The van der Waals surface area contributed by atoms with Gasteiger partial charge in [0.1, 0.15) is 5.60 Å². The summed E-state index contributed by atoms with van der Waals surface area (Å²) in [4.78, 5) is 16.3. The number of piperidine rings is 1. The van der Waals surface area contributed by atoms with Crippen molar-refractivity contribution in [3.63, 3.8) is 0 Å². The average Bonchev–Trinajstić information content (AvgIpc) is 2.45. The highest BCUT2D eigenvalue weighted by molar-refractivity contribution is 5.67. The van der Waals surface area contributed by atoms with E-state index >= 15 is 0 Å². The van der Waals surface area contributed by atoms with Crippen LogP contribution in [-0.4, -0.2) is 67.3 Å². The summed E-state index contributed by atoms with van der Waals surface area (Å²) in [6, 6.07) is 0.699. The molecule has 1 heterocycles. The van der Waals surface area contributed by atoms with Crippen molar-refractivity contribution in [3.8, 4) is 0 Å². The van der Waals surface area contributed by atoms with Crippen LogP contribution in [0.1, 0.15) is 53.4 Å². The molecular weight excluding hydrogens is 290 g/mol. The molecule has 1 saturated heterocycles. The molecule has 1 saturated carbocycles. The van der Waals surface area contributed by atoms with E-state index < -0.39 is 5.60 Å². The van der Waals surface area contributed by atoms with Crippen LogP contribution in [0.15, 0.2) is 0 Å². The lowest BCUT2D eigenvalue weighted by molar-refractivity contribution is -0.0225. The van der Waals surface area contributed by atoms with Crippen LogP contribution in [0.4, 0.5) is 4.79 Å². The van der Waals surface area contributed by atoms with Crippen molar-refractivity contribution in [2.24, 2.45) is 5.41 Å². The Labute approximate surface area is 141 Å². The molecule has 0 atom stereocenters. The summed E-state index contributed by atoms with van der Waals surface area (Å²) in [7, 11) is 1.83. The van der Waals surface area contributed by atoms with Crippen molar-refractivity contribution in [1.29, 1.82) is 0 Å². The zero-order valence-electron chi connectivity index (χ0n) is 15.7. The fourth-order valence-corrected chi connectivity index (χ4v) is 3.87. The minimum Gasteiger partial charge on any atom is -0.444 e. The molecular formula is C18H35N3O2. The summed E-state index contributed by atoms with van der Waals surface area (Å²) in [5.41, 5.74) is 0.186. The Morgan fingerprint density at radius 3 is 2.35 bits per heavy atom. The van der Waals surface area contributed by atoms with Crippen molar-refractivity contribution < 1.29 is 9.53 Å². The smallest absolute Gasteiger partial charge is 0.410 e. The van der Waals surface area contributed by atoms with Crippen LogP contribution in [-0.2, 0) is 4.74 Å². The Morgan fingerprint density at radius 1 is 1.22 bits per heavy atom. The van der Waals surface area contributed by atoms with Gasteiger partial charge in [-0.1, -0.05) is 6.92 Å². The summed E-state index contributed by atoms with van der Waals surface area (Å²) in [5.74, 6) is 0. The topological polar surface area (TPSA) is 44.8 Å². The van der Waals surface area contributed by atoms with Gasteiger partial charge >= 0.3 is 6.09 Å². The molecule has 0 radical (unpaired) electrons. The molecule has 2 aliphatic rings. The van der Waals surface area contributed by atoms with Gasteiger partial charge in [0.2, 0.25) is 0 Å². The molecule has 1 aliphatic carbocycles. The number of nitrogens with one attached hydrogen (secondary N) is 1. The molecule has 0 unspecified atom stereocenters. The van der Waals surface area contributed by atoms with Gasteiger partial charge in [-0.15, -0.1) is 0 Å². The van der Waals surface area contributed by atoms with Crippen molar-refractivity contribution in [2.45, 2.75) is 65.0 Å². The fourth-order valence-electron chi connectivity index (χ4n) is 3.87. The number of carbonyl (C=O) groups is 1. The second kappa shape index (κ2) is 7.39. The number of rotatable bonds is 5. The monoisotopic (exact) mass is 325 g/mol. The Hall–Kier alpha value is -0.810. The van der Waals surface area contributed by atoms with Gasteiger partial charge in [0, 0.05) is 26.2 Å². The number of ether oxygens (including phenoxy) is 1. The largest absolute Gasteiger partial charge is 0.444 e. The van der Waals surface area contributed by atoms with E-state index in [0.29, 0.717) is 11.5 Å². The fraction of sp³-hybridized carbons (Fsp3) is 0.944. The molecule has 134 valence electrons. The molecule has 2 fully saturated rings. The van der Waals surface area contributed by atoms with E-state index in [-0.39, 0.29) is 6.09 Å². The normalized spacial score (nSPS) is 21.3. The van der Waals surface area contributed by atoms with Crippen LogP contribution in [0.25, 0.3) is 0 Å². The Kier molecular flexibility index (Phi) is 5.95. The molecule has 5 heteroatoms. The molecule has 1 spiro atoms. The lowest BCUT2D eigenvalue weighted by atomic mass is 9.60. The molecule has 5 nitrogen and oxygen atoms in total. The first kappa shape index (κ1) is 18.5. The minimum absolute atomic E-state index is 0.225. The molecule has 0 aromatic carbocycles. The summed E-state index contributed by atoms with van der Waals surface area (Å²) < 4.78 is 5.42. The van der Waals surface area contributed by atoms with Gasteiger partial charge in [0.05, 0.1) is 0 Å². The van der Waals surface area contributed by atoms with Gasteiger partial charge < -0.3 is 15.0 Å². The quantitative estimate of drug-likeness (QED) is 0.844. The van der Waals surface area contributed by atoms with Crippen molar-refractivity contribution in [2.75, 3.05) is 39.8 Å². The first-order valence-electron chi connectivity index (χ1n) is 9.13. The van der Waals surface area contributed by atoms with Gasteiger partial charge in [0.25, 0.3) is 0 Å². The molecule has 1 amide bonds. The Morgan fingerprint density at radius 2 is 1.83 bits per heavy atom. The first-order chi connectivity index (χ1) is 10.7. The van der Waals surface area contributed by atoms with Crippen LogP contribution >= 0.6 is 0 Å². The lowest BCUT2D eigenvalue weighted by Crippen LogP contribution is -2.55. The third-order valence-corrected chi connectivity index (χ3v) is 5.35. The van der Waals surface area contributed by atoms with E-state index in [1.165, 1.54) is 38.8 Å². The zero-order chi connectivity index (χ0) is 17.1. The van der Waals surface area contributed by atoms with E-state index in [9.17, 15) is 4.79 Å². The SMILES string of the molecule is CCN(CCN(C)C(=O)OC(C)(C)C)C1CC2(CCNCC2)C1.